The van der Waals surface area contributed by atoms with Crippen LogP contribution in [0.4, 0.5) is 0 Å². The highest BCUT2D eigenvalue weighted by Crippen LogP contribution is 2.18. The molecule has 0 bridgehead atoms. The molecule has 19 heavy (non-hydrogen) atoms. The van der Waals surface area contributed by atoms with Crippen molar-refractivity contribution in [3.05, 3.63) is 52.1 Å². The molecule has 0 unspecified atom stereocenters. The predicted octanol–water partition coefficient (Wildman–Crippen LogP) is 2.44. The molecular weight excluding hydrogens is 234 g/mol. The van der Waals surface area contributed by atoms with Crippen LogP contribution >= 0.6 is 0 Å². The lowest BCUT2D eigenvalue weighted by molar-refractivity contribution is 0.749. The van der Waals surface area contributed by atoms with Crippen LogP contribution < -0.4 is 5.73 Å². The molecule has 2 aromatic rings. The van der Waals surface area contributed by atoms with Gasteiger partial charge in [0.25, 0.3) is 0 Å². The van der Waals surface area contributed by atoms with Gasteiger partial charge in [-0.25, -0.2) is 4.98 Å². The van der Waals surface area contributed by atoms with Crippen molar-refractivity contribution in [3.8, 4) is 0 Å². The van der Waals surface area contributed by atoms with E-state index in [1.165, 1.54) is 22.4 Å². The number of hydrogen-bond acceptors (Lipinski definition) is 2. The van der Waals surface area contributed by atoms with Crippen molar-refractivity contribution in [1.29, 1.82) is 0 Å². The molecule has 0 amide bonds. The molecule has 3 heteroatoms. The van der Waals surface area contributed by atoms with Gasteiger partial charge in [-0.3, -0.25) is 0 Å². The summed E-state index contributed by atoms with van der Waals surface area (Å²) >= 11 is 0. The van der Waals surface area contributed by atoms with Gasteiger partial charge in [0.2, 0.25) is 0 Å². The van der Waals surface area contributed by atoms with Gasteiger partial charge in [-0.1, -0.05) is 23.8 Å². The van der Waals surface area contributed by atoms with E-state index in [0.29, 0.717) is 6.54 Å². The van der Waals surface area contributed by atoms with Crippen molar-refractivity contribution in [3.63, 3.8) is 0 Å². The molecule has 2 N–H and O–H groups in total. The van der Waals surface area contributed by atoms with Gasteiger partial charge in [0.1, 0.15) is 5.82 Å². The summed E-state index contributed by atoms with van der Waals surface area (Å²) in [5.41, 5.74) is 12.1. The second-order valence-electron chi connectivity index (χ2n) is 5.26. The minimum Gasteiger partial charge on any atom is -0.334 e. The Hall–Kier alpha value is -1.61. The van der Waals surface area contributed by atoms with Crippen molar-refractivity contribution >= 4 is 0 Å². The maximum Gasteiger partial charge on any atom is 0.110 e. The molecule has 0 aliphatic rings. The fraction of sp³-hybridized carbons (Fsp3) is 0.438. The van der Waals surface area contributed by atoms with E-state index in [9.17, 15) is 0 Å². The lowest BCUT2D eigenvalue weighted by Crippen LogP contribution is -2.09. The van der Waals surface area contributed by atoms with E-state index in [2.05, 4.69) is 55.6 Å². The third-order valence-corrected chi connectivity index (χ3v) is 3.73. The highest BCUT2D eigenvalue weighted by atomic mass is 15.1. The number of benzene rings is 1. The van der Waals surface area contributed by atoms with Gasteiger partial charge in [0, 0.05) is 25.6 Å². The molecule has 0 fully saturated rings. The Morgan fingerprint density at radius 1 is 1.21 bits per heavy atom. The highest BCUT2D eigenvalue weighted by molar-refractivity contribution is 5.34. The average Bonchev–Trinajstić information content (AvgIpc) is 2.60. The topological polar surface area (TPSA) is 43.8 Å². The average molecular weight is 257 g/mol. The first kappa shape index (κ1) is 13.8. The maximum absolute atomic E-state index is 5.63. The summed E-state index contributed by atoms with van der Waals surface area (Å²) in [5, 5.41) is 0. The van der Waals surface area contributed by atoms with Crippen LogP contribution in [-0.4, -0.2) is 16.1 Å². The summed E-state index contributed by atoms with van der Waals surface area (Å²) in [7, 11) is 2.09. The molecule has 1 heterocycles. The molecule has 0 saturated carbocycles. The Bertz CT molecular complexity index is 582. The third-order valence-electron chi connectivity index (χ3n) is 3.73. The van der Waals surface area contributed by atoms with Gasteiger partial charge in [-0.05, 0) is 38.4 Å². The molecular formula is C16H23N3. The van der Waals surface area contributed by atoms with Crippen LogP contribution in [0, 0.1) is 20.8 Å². The summed E-state index contributed by atoms with van der Waals surface area (Å²) in [4.78, 5) is 4.63. The second-order valence-corrected chi connectivity index (χ2v) is 5.26. The highest BCUT2D eigenvalue weighted by Gasteiger charge is 2.12. The minimum atomic E-state index is 0.646. The summed E-state index contributed by atoms with van der Waals surface area (Å²) in [5.74, 6) is 1.08. The monoisotopic (exact) mass is 257 g/mol. The summed E-state index contributed by atoms with van der Waals surface area (Å²) in [6.45, 7) is 7.03. The van der Waals surface area contributed by atoms with E-state index in [4.69, 9.17) is 5.73 Å². The van der Waals surface area contributed by atoms with E-state index >= 15 is 0 Å². The largest absolute Gasteiger partial charge is 0.334 e. The first-order valence-electron chi connectivity index (χ1n) is 6.80. The predicted molar refractivity (Wildman–Crippen MR) is 79.4 cm³/mol. The lowest BCUT2D eigenvalue weighted by Gasteiger charge is -2.09. The summed E-state index contributed by atoms with van der Waals surface area (Å²) in [6, 6.07) is 6.64. The maximum atomic E-state index is 5.63. The number of nitrogens with two attached hydrogens (primary N) is 1. The van der Waals surface area contributed by atoms with Gasteiger partial charge in [-0.15, -0.1) is 0 Å². The van der Waals surface area contributed by atoms with E-state index in [0.717, 1.165) is 24.4 Å². The Labute approximate surface area is 115 Å². The smallest absolute Gasteiger partial charge is 0.110 e. The minimum absolute atomic E-state index is 0.646. The first-order valence-corrected chi connectivity index (χ1v) is 6.80. The molecule has 0 radical (unpaired) electrons. The van der Waals surface area contributed by atoms with Crippen LogP contribution in [0.15, 0.2) is 18.2 Å². The van der Waals surface area contributed by atoms with E-state index < -0.39 is 0 Å². The van der Waals surface area contributed by atoms with Gasteiger partial charge >= 0.3 is 0 Å². The molecule has 102 valence electrons. The van der Waals surface area contributed by atoms with Crippen LogP contribution in [0.25, 0.3) is 0 Å². The van der Waals surface area contributed by atoms with Crippen LogP contribution in [0.1, 0.15) is 33.9 Å². The van der Waals surface area contributed by atoms with Crippen molar-refractivity contribution in [2.45, 2.75) is 33.6 Å². The molecule has 3 nitrogen and oxygen atoms in total. The van der Waals surface area contributed by atoms with E-state index in [-0.39, 0.29) is 0 Å². The van der Waals surface area contributed by atoms with Gasteiger partial charge < -0.3 is 10.3 Å². The number of nitrogens with zero attached hydrogens (tertiary/aromatic N) is 2. The Morgan fingerprint density at radius 2 is 1.95 bits per heavy atom. The molecule has 2 rings (SSSR count). The zero-order valence-corrected chi connectivity index (χ0v) is 12.3. The van der Waals surface area contributed by atoms with Crippen molar-refractivity contribution in [2.24, 2.45) is 12.8 Å². The quantitative estimate of drug-likeness (QED) is 0.914. The number of rotatable bonds is 4. The molecule has 1 aromatic carbocycles. The fourth-order valence-corrected chi connectivity index (χ4v) is 2.56. The van der Waals surface area contributed by atoms with Gasteiger partial charge in [0.05, 0.1) is 5.69 Å². The van der Waals surface area contributed by atoms with E-state index in [1.807, 2.05) is 0 Å². The first-order chi connectivity index (χ1) is 9.02. The SMILES string of the molecule is Cc1ccc(Cc2c(C)nc(CCN)n2C)c(C)c1. The molecule has 0 saturated heterocycles. The summed E-state index contributed by atoms with van der Waals surface area (Å²) in [6.07, 6.45) is 1.77. The van der Waals surface area contributed by atoms with Crippen LogP contribution in [-0.2, 0) is 19.9 Å². The molecule has 0 aliphatic heterocycles. The standard InChI is InChI=1S/C16H23N3/c1-11-5-6-14(12(2)9-11)10-15-13(3)18-16(7-8-17)19(15)4/h5-6,9H,7-8,10,17H2,1-4H3. The lowest BCUT2D eigenvalue weighted by atomic mass is 10.0. The number of aromatic nitrogens is 2. The zero-order valence-electron chi connectivity index (χ0n) is 12.3. The van der Waals surface area contributed by atoms with Gasteiger partial charge in [0.15, 0.2) is 0 Å². The van der Waals surface area contributed by atoms with Crippen molar-refractivity contribution in [2.75, 3.05) is 6.54 Å². The number of imidazole rings is 1. The normalized spacial score (nSPS) is 11.0. The number of aryl methyl sites for hydroxylation is 3. The van der Waals surface area contributed by atoms with Crippen molar-refractivity contribution < 1.29 is 0 Å². The van der Waals surface area contributed by atoms with Crippen LogP contribution in [0.3, 0.4) is 0 Å². The second kappa shape index (κ2) is 5.57. The molecule has 0 spiro atoms. The molecule has 0 aliphatic carbocycles. The van der Waals surface area contributed by atoms with Gasteiger partial charge in [-0.2, -0.15) is 0 Å². The molecule has 0 atom stereocenters. The molecule has 1 aromatic heterocycles. The van der Waals surface area contributed by atoms with Crippen molar-refractivity contribution in [1.82, 2.24) is 9.55 Å². The Balaban J connectivity index is 2.33. The van der Waals surface area contributed by atoms with Crippen LogP contribution in [0.2, 0.25) is 0 Å². The Kier molecular flexibility index (Phi) is 4.05. The summed E-state index contributed by atoms with van der Waals surface area (Å²) < 4.78 is 2.20. The van der Waals surface area contributed by atoms with E-state index in [1.54, 1.807) is 0 Å². The number of hydrogen-bond donors (Lipinski definition) is 1. The third kappa shape index (κ3) is 2.87. The zero-order chi connectivity index (χ0) is 14.0. The Morgan fingerprint density at radius 3 is 2.58 bits per heavy atom. The van der Waals surface area contributed by atoms with Crippen LogP contribution in [0.5, 0.6) is 0 Å². The fourth-order valence-electron chi connectivity index (χ4n) is 2.56.